The highest BCUT2D eigenvalue weighted by atomic mass is 16.8. The Morgan fingerprint density at radius 3 is 1.60 bits per heavy atom. The van der Waals surface area contributed by atoms with Gasteiger partial charge < -0.3 is 168 Å². The molecule has 19 N–H and O–H groups in total. The van der Waals surface area contributed by atoms with Gasteiger partial charge in [0.25, 0.3) is 0 Å². The maximum absolute atomic E-state index is 15.9. The Morgan fingerprint density at radius 1 is 0.481 bits per heavy atom. The number of esters is 1. The normalized spacial score (nSPS) is 54.7. The molecule has 4 saturated carbocycles. The van der Waals surface area contributed by atoms with Crippen LogP contribution >= 0.6 is 0 Å². The van der Waals surface area contributed by atoms with Crippen molar-refractivity contribution in [2.75, 3.05) is 26.4 Å². The smallest absolute Gasteiger partial charge is 0.335 e. The molecule has 0 aromatic heterocycles. The molecule has 42 atom stereocenters. The monoisotopic (exact) mass is 1530 g/mol. The van der Waals surface area contributed by atoms with E-state index in [1.54, 1.807) is 6.92 Å². The largest absolute Gasteiger partial charge is 0.479 e. The summed E-state index contributed by atoms with van der Waals surface area (Å²) in [5.41, 5.74) is -3.42. The van der Waals surface area contributed by atoms with Crippen molar-refractivity contribution in [3.63, 3.8) is 0 Å². The van der Waals surface area contributed by atoms with E-state index in [2.05, 4.69) is 40.7 Å². The summed E-state index contributed by atoms with van der Waals surface area (Å²) in [5, 5.41) is 207. The highest BCUT2D eigenvalue weighted by Crippen LogP contribution is 2.76. The van der Waals surface area contributed by atoms with E-state index < -0.39 is 280 Å². The van der Waals surface area contributed by atoms with Crippen molar-refractivity contribution in [3.8, 4) is 0 Å². The molecule has 7 saturated heterocycles. The second-order valence-electron chi connectivity index (χ2n) is 33.5. The number of ether oxygens (including phenoxy) is 14. The minimum Gasteiger partial charge on any atom is -0.479 e. The zero-order valence-electron chi connectivity index (χ0n) is 60.4. The van der Waals surface area contributed by atoms with Crippen LogP contribution < -0.4 is 0 Å². The summed E-state index contributed by atoms with van der Waals surface area (Å²) >= 11 is 0. The lowest BCUT2D eigenvalue weighted by Crippen LogP contribution is -2.68. The van der Waals surface area contributed by atoms with Gasteiger partial charge in [0.2, 0.25) is 6.29 Å². The van der Waals surface area contributed by atoms with E-state index in [-0.39, 0.29) is 23.7 Å². The van der Waals surface area contributed by atoms with Crippen molar-refractivity contribution >= 4 is 18.2 Å². The minimum atomic E-state index is -2.15. The molecule has 606 valence electrons. The summed E-state index contributed by atoms with van der Waals surface area (Å²) in [6.45, 7) is 12.7. The highest BCUT2D eigenvalue weighted by molar-refractivity contribution is 5.79. The summed E-state index contributed by atoms with van der Waals surface area (Å²) < 4.78 is 84.3. The summed E-state index contributed by atoms with van der Waals surface area (Å²) in [6.07, 6.45) is -53.2. The molecule has 12 rings (SSSR count). The molecule has 0 bridgehead atoms. The van der Waals surface area contributed by atoms with E-state index in [1.165, 1.54) is 13.8 Å². The number of hydrogen-bond acceptors (Lipinski definition) is 35. The summed E-state index contributed by atoms with van der Waals surface area (Å²) in [5.74, 6) is -3.26. The van der Waals surface area contributed by atoms with Crippen molar-refractivity contribution in [3.05, 3.63) is 11.6 Å². The van der Waals surface area contributed by atoms with Gasteiger partial charge in [-0.05, 0) is 117 Å². The fourth-order valence-corrected chi connectivity index (χ4v) is 20.2. The molecular formula is C70H110O36. The van der Waals surface area contributed by atoms with Crippen LogP contribution in [0.3, 0.4) is 0 Å². The molecule has 36 nitrogen and oxygen atoms in total. The first-order chi connectivity index (χ1) is 49.8. The van der Waals surface area contributed by atoms with Crippen LogP contribution in [0.25, 0.3) is 0 Å². The Hall–Kier alpha value is -2.89. The number of aliphatic carboxylic acids is 1. The fraction of sp³-hybridized carbons (Fsp3) is 0.929. The third-order valence-electron chi connectivity index (χ3n) is 26.8. The van der Waals surface area contributed by atoms with Gasteiger partial charge in [0.05, 0.1) is 55.6 Å². The number of aliphatic hydroxyl groups excluding tert-OH is 18. The van der Waals surface area contributed by atoms with Gasteiger partial charge in [-0.25, -0.2) is 4.79 Å². The van der Waals surface area contributed by atoms with E-state index in [0.29, 0.717) is 57.8 Å². The molecule has 0 spiro atoms. The molecule has 7 aliphatic heterocycles. The van der Waals surface area contributed by atoms with E-state index in [4.69, 9.17) is 66.3 Å². The first kappa shape index (κ1) is 82.6. The van der Waals surface area contributed by atoms with Crippen LogP contribution in [-0.4, -0.2) is 351 Å². The van der Waals surface area contributed by atoms with Crippen LogP contribution in [0, 0.1) is 50.2 Å². The molecule has 0 unspecified atom stereocenters. The standard InChI is InChI=1S/C70H110O36/c1-25-36(76)42(82)54(105-61-49(89)52(102-59-46(86)40(80)38(78)31(20-71)97-59)50(26(2)96-61)100-58-48(88)51(30(75)23-94-58)101-57-45(85)37(77)29(74)22-93-57)62(95-25)106-64(92)70-17-15-65(3,4)19-28(70)27-9-10-34-66(5)13-12-35(67(6,24-73)33(66)11-14-69(34,8)68(27,7)16-18-70)99-63-55(44(84)43(83)53(103-63)56(90)91)104-60-47(87)41(81)39(79)32(21-72)98-60/h9,24-26,28-55,57-63,71-72,74-89H,10-23H2,1-8H3,(H,90,91)/t25-,26-,28+,29+,30-,31-,32+,33-,34+,35+,36-,37-,38-,39-,40+,41+,42-,43-,44-,45-,46+,47-,48-,49+,50+,51+,52+,53+,54+,55-,57+,58-,59+,60-,61+,62+,63-,66+,67-,68-,69-,70+/m0/s1. The second kappa shape index (κ2) is 31.1. The van der Waals surface area contributed by atoms with Gasteiger partial charge in [-0.3, -0.25) is 4.79 Å². The predicted octanol–water partition coefficient (Wildman–Crippen LogP) is -5.96. The minimum absolute atomic E-state index is 0.0863. The molecule has 0 radical (unpaired) electrons. The van der Waals surface area contributed by atoms with Crippen molar-refractivity contribution in [2.24, 2.45) is 50.2 Å². The van der Waals surface area contributed by atoms with Crippen LogP contribution in [0.5, 0.6) is 0 Å². The SMILES string of the molecule is C[C@@H]1O[C@H](OC(=O)[C@@]23CCC(C)(C)C[C@@H]2C2=CC[C@@H]4[C@]5(C)CC[C@@H](O[C@H]6O[C@@H](C(=O)O)[C@@H](O)[C@H](O)[C@@H]6O[C@@H]6O[C@H](CO)[C@H](O)[C@@H](O)[C@@H]6O)[C@@](C)(C=O)[C@H]5CC[C@]4(C)[C@@]2(C)CC3)[C@H](O[C@H]2O[C@@H](C)[C@@H](O[C@@H]3OC[C@H](O)[C@@H](O[C@H]4OC[C@@H](O)[C@H](O)[C@@H]4O)[C@@H]3O)[C@H](O[C@H]3O[C@@H](CO)[C@H](O)[C@@H](O)[C@H]3O)[C@H]2O)[C@@H](O)[C@H]1O. The van der Waals surface area contributed by atoms with Crippen molar-refractivity contribution in [1.82, 2.24) is 0 Å². The molecule has 7 heterocycles. The Bertz CT molecular complexity index is 3100. The number of fused-ring (bicyclic) bond motifs is 7. The summed E-state index contributed by atoms with van der Waals surface area (Å²) in [4.78, 5) is 42.4. The molecular weight excluding hydrogens is 1420 g/mol. The molecule has 12 aliphatic rings. The zero-order chi connectivity index (χ0) is 77.3. The van der Waals surface area contributed by atoms with Crippen molar-refractivity contribution in [2.45, 2.75) is 328 Å². The maximum Gasteiger partial charge on any atom is 0.335 e. The number of allylic oxidation sites excluding steroid dienone is 2. The number of carbonyl (C=O) groups excluding carboxylic acids is 2. The fourth-order valence-electron chi connectivity index (χ4n) is 20.2. The van der Waals surface area contributed by atoms with Gasteiger partial charge in [0, 0.05) is 0 Å². The number of aldehydes is 1. The number of carboxylic acid groups (broad SMARTS) is 1. The Balaban J connectivity index is 0.788. The van der Waals surface area contributed by atoms with E-state index in [0.717, 1.165) is 11.9 Å². The van der Waals surface area contributed by atoms with E-state index in [9.17, 15) is 107 Å². The van der Waals surface area contributed by atoms with Crippen molar-refractivity contribution in [1.29, 1.82) is 0 Å². The number of hydrogen-bond donors (Lipinski definition) is 19. The maximum atomic E-state index is 15.9. The third kappa shape index (κ3) is 14.2. The average molecular weight is 1530 g/mol. The molecule has 0 aromatic rings. The van der Waals surface area contributed by atoms with Crippen LogP contribution in [0.1, 0.15) is 120 Å². The Labute approximate surface area is 610 Å². The van der Waals surface area contributed by atoms with Gasteiger partial charge in [-0.15, -0.1) is 0 Å². The lowest BCUT2D eigenvalue weighted by atomic mass is 9.33. The first-order valence-electron chi connectivity index (χ1n) is 36.9. The first-order valence-corrected chi connectivity index (χ1v) is 36.9. The summed E-state index contributed by atoms with van der Waals surface area (Å²) in [6, 6.07) is 0. The number of carbonyl (C=O) groups is 3. The third-order valence-corrected chi connectivity index (χ3v) is 26.8. The zero-order valence-corrected chi connectivity index (χ0v) is 60.4. The van der Waals surface area contributed by atoms with Gasteiger partial charge in [-0.1, -0.05) is 53.2 Å². The Morgan fingerprint density at radius 2 is 1.00 bits per heavy atom. The molecule has 0 aromatic carbocycles. The molecule has 36 heteroatoms. The number of aliphatic hydroxyl groups is 18. The predicted molar refractivity (Wildman–Crippen MR) is 347 cm³/mol. The topological polar surface area (TPSA) is 565 Å². The van der Waals surface area contributed by atoms with Gasteiger partial charge in [-0.2, -0.15) is 0 Å². The van der Waals surface area contributed by atoms with Crippen LogP contribution in [0.4, 0.5) is 0 Å². The van der Waals surface area contributed by atoms with Crippen LogP contribution in [0.15, 0.2) is 11.6 Å². The number of carboxylic acids is 1. The molecule has 0 amide bonds. The van der Waals surface area contributed by atoms with Crippen LogP contribution in [-0.2, 0) is 80.7 Å². The average Bonchev–Trinajstić information content (AvgIpc) is 0.673. The molecule has 106 heavy (non-hydrogen) atoms. The van der Waals surface area contributed by atoms with Crippen LogP contribution in [0.2, 0.25) is 0 Å². The Kier molecular flexibility index (Phi) is 24.3. The van der Waals surface area contributed by atoms with Gasteiger partial charge in [0.15, 0.2) is 49.9 Å². The van der Waals surface area contributed by atoms with E-state index in [1.807, 2.05) is 0 Å². The quantitative estimate of drug-likeness (QED) is 0.0263. The molecule has 5 aliphatic carbocycles. The highest BCUT2D eigenvalue weighted by Gasteiger charge is 2.72. The summed E-state index contributed by atoms with van der Waals surface area (Å²) in [7, 11) is 0. The lowest BCUT2D eigenvalue weighted by molar-refractivity contribution is -0.397. The molecule has 11 fully saturated rings. The van der Waals surface area contributed by atoms with Crippen molar-refractivity contribution < 1.29 is 178 Å². The second-order valence-corrected chi connectivity index (χ2v) is 33.5. The van der Waals surface area contributed by atoms with Gasteiger partial charge >= 0.3 is 11.9 Å². The van der Waals surface area contributed by atoms with E-state index >= 15 is 4.79 Å². The number of rotatable bonds is 18. The van der Waals surface area contributed by atoms with Gasteiger partial charge in [0.1, 0.15) is 141 Å². The lowest BCUT2D eigenvalue weighted by Gasteiger charge is -2.71.